The van der Waals surface area contributed by atoms with Gasteiger partial charge in [-0.3, -0.25) is 14.9 Å². The van der Waals surface area contributed by atoms with Crippen LogP contribution in [0, 0.1) is 10.1 Å². The standard InChI is InChI=1S/C19H20N2O6S/c1-11(27-19(23)17-9-12-5-3-4-6-16(12)28-17)18(22)20-14-8-7-13(21(24)25)10-15(14)26-2/h7-11H,3-6H2,1-2H3,(H,20,22)/t11-/m1/s1. The van der Waals surface area contributed by atoms with E-state index in [-0.39, 0.29) is 17.1 Å². The number of nitro groups is 1. The van der Waals surface area contributed by atoms with E-state index in [1.54, 1.807) is 0 Å². The fourth-order valence-corrected chi connectivity index (χ4v) is 4.13. The molecule has 0 saturated carbocycles. The number of non-ortho nitro benzene ring substituents is 1. The topological polar surface area (TPSA) is 108 Å². The van der Waals surface area contributed by atoms with Crippen LogP contribution in [0.15, 0.2) is 24.3 Å². The minimum Gasteiger partial charge on any atom is -0.494 e. The first kappa shape index (κ1) is 19.8. The predicted molar refractivity (Wildman–Crippen MR) is 104 cm³/mol. The summed E-state index contributed by atoms with van der Waals surface area (Å²) >= 11 is 1.42. The van der Waals surface area contributed by atoms with Gasteiger partial charge in [0.1, 0.15) is 10.6 Å². The molecule has 148 valence electrons. The second-order valence-electron chi connectivity index (χ2n) is 6.44. The molecule has 0 spiro atoms. The van der Waals surface area contributed by atoms with Crippen molar-refractivity contribution in [2.45, 2.75) is 38.7 Å². The van der Waals surface area contributed by atoms with E-state index < -0.39 is 22.9 Å². The van der Waals surface area contributed by atoms with Crippen LogP contribution in [0.4, 0.5) is 11.4 Å². The van der Waals surface area contributed by atoms with E-state index in [9.17, 15) is 19.7 Å². The van der Waals surface area contributed by atoms with E-state index >= 15 is 0 Å². The number of ether oxygens (including phenoxy) is 2. The summed E-state index contributed by atoms with van der Waals surface area (Å²) in [7, 11) is 1.34. The first-order valence-electron chi connectivity index (χ1n) is 8.85. The molecule has 1 atom stereocenters. The highest BCUT2D eigenvalue weighted by Crippen LogP contribution is 2.31. The summed E-state index contributed by atoms with van der Waals surface area (Å²) in [6.45, 7) is 1.47. The first-order valence-corrected chi connectivity index (χ1v) is 9.66. The Morgan fingerprint density at radius 3 is 2.68 bits per heavy atom. The van der Waals surface area contributed by atoms with Crippen LogP contribution in [0.3, 0.4) is 0 Å². The first-order chi connectivity index (χ1) is 13.4. The molecule has 1 aromatic heterocycles. The molecule has 1 heterocycles. The highest BCUT2D eigenvalue weighted by Gasteiger charge is 2.24. The van der Waals surface area contributed by atoms with E-state index in [1.165, 1.54) is 54.0 Å². The van der Waals surface area contributed by atoms with E-state index in [1.807, 2.05) is 6.07 Å². The average Bonchev–Trinajstić information content (AvgIpc) is 3.12. The van der Waals surface area contributed by atoms with Gasteiger partial charge in [0.2, 0.25) is 0 Å². The molecule has 9 heteroatoms. The van der Waals surface area contributed by atoms with Crippen molar-refractivity contribution >= 4 is 34.6 Å². The number of carbonyl (C=O) groups is 2. The number of hydrogen-bond donors (Lipinski definition) is 1. The third-order valence-corrected chi connectivity index (χ3v) is 5.72. The number of methoxy groups -OCH3 is 1. The maximum Gasteiger partial charge on any atom is 0.349 e. The Morgan fingerprint density at radius 2 is 2.00 bits per heavy atom. The number of nitro benzene ring substituents is 1. The van der Waals surface area contributed by atoms with Gasteiger partial charge in [0.15, 0.2) is 6.10 Å². The van der Waals surface area contributed by atoms with Crippen LogP contribution in [0.1, 0.15) is 39.9 Å². The second-order valence-corrected chi connectivity index (χ2v) is 7.58. The van der Waals surface area contributed by atoms with Crippen LogP contribution in [-0.4, -0.2) is 30.0 Å². The van der Waals surface area contributed by atoms with Gasteiger partial charge >= 0.3 is 5.97 Å². The van der Waals surface area contributed by atoms with Crippen molar-refractivity contribution in [2.24, 2.45) is 0 Å². The van der Waals surface area contributed by atoms with Crippen LogP contribution in [0.25, 0.3) is 0 Å². The summed E-state index contributed by atoms with van der Waals surface area (Å²) < 4.78 is 10.4. The van der Waals surface area contributed by atoms with Crippen molar-refractivity contribution in [3.8, 4) is 5.75 Å². The maximum atomic E-state index is 12.4. The molecular weight excluding hydrogens is 384 g/mol. The highest BCUT2D eigenvalue weighted by molar-refractivity contribution is 7.14. The average molecular weight is 404 g/mol. The molecule has 1 N–H and O–H groups in total. The van der Waals surface area contributed by atoms with Crippen molar-refractivity contribution < 1.29 is 24.0 Å². The van der Waals surface area contributed by atoms with Crippen molar-refractivity contribution in [3.63, 3.8) is 0 Å². The summed E-state index contributed by atoms with van der Waals surface area (Å²) in [6.07, 6.45) is 3.15. The van der Waals surface area contributed by atoms with Crippen molar-refractivity contribution in [1.29, 1.82) is 0 Å². The van der Waals surface area contributed by atoms with Gasteiger partial charge in [0.25, 0.3) is 11.6 Å². The molecule has 0 unspecified atom stereocenters. The lowest BCUT2D eigenvalue weighted by atomic mass is 9.99. The zero-order valence-corrected chi connectivity index (χ0v) is 16.3. The van der Waals surface area contributed by atoms with E-state index in [2.05, 4.69) is 5.32 Å². The van der Waals surface area contributed by atoms with Gasteiger partial charge in [-0.1, -0.05) is 0 Å². The Balaban J connectivity index is 1.65. The number of rotatable bonds is 6. The number of hydrogen-bond acceptors (Lipinski definition) is 7. The Kier molecular flexibility index (Phi) is 5.93. The second kappa shape index (κ2) is 8.39. The summed E-state index contributed by atoms with van der Waals surface area (Å²) in [5.74, 6) is -0.938. The van der Waals surface area contributed by atoms with Gasteiger partial charge in [-0.15, -0.1) is 11.3 Å². The van der Waals surface area contributed by atoms with Gasteiger partial charge < -0.3 is 14.8 Å². The van der Waals surface area contributed by atoms with Crippen LogP contribution < -0.4 is 10.1 Å². The fourth-order valence-electron chi connectivity index (χ4n) is 2.99. The molecule has 1 amide bonds. The van der Waals surface area contributed by atoms with E-state index in [0.29, 0.717) is 4.88 Å². The van der Waals surface area contributed by atoms with Gasteiger partial charge in [0, 0.05) is 10.9 Å². The SMILES string of the molecule is COc1cc([N+](=O)[O-])ccc1NC(=O)[C@@H](C)OC(=O)c1cc2c(s1)CCCC2. The number of fused-ring (bicyclic) bond motifs is 1. The molecule has 2 aromatic rings. The molecule has 3 rings (SSSR count). The molecule has 0 bridgehead atoms. The Hall–Kier alpha value is -2.94. The van der Waals surface area contributed by atoms with E-state index in [4.69, 9.17) is 9.47 Å². The van der Waals surface area contributed by atoms with Gasteiger partial charge in [-0.25, -0.2) is 4.79 Å². The van der Waals surface area contributed by atoms with Crippen LogP contribution in [-0.2, 0) is 22.4 Å². The lowest BCUT2D eigenvalue weighted by Gasteiger charge is -2.14. The minimum atomic E-state index is -1.04. The van der Waals surface area contributed by atoms with Crippen molar-refractivity contribution in [3.05, 3.63) is 49.7 Å². The zero-order chi connectivity index (χ0) is 20.3. The molecule has 0 aliphatic heterocycles. The molecule has 8 nitrogen and oxygen atoms in total. The number of aryl methyl sites for hydroxylation is 2. The van der Waals surface area contributed by atoms with Crippen LogP contribution in [0.2, 0.25) is 0 Å². The number of esters is 1. The fraction of sp³-hybridized carbons (Fsp3) is 0.368. The smallest absolute Gasteiger partial charge is 0.349 e. The number of carbonyl (C=O) groups excluding carboxylic acids is 2. The number of anilines is 1. The molecule has 1 aliphatic carbocycles. The monoisotopic (exact) mass is 404 g/mol. The summed E-state index contributed by atoms with van der Waals surface area (Å²) in [5, 5.41) is 13.4. The molecule has 0 saturated heterocycles. The quantitative estimate of drug-likeness (QED) is 0.446. The maximum absolute atomic E-state index is 12.4. The highest BCUT2D eigenvalue weighted by atomic mass is 32.1. The molecule has 0 radical (unpaired) electrons. The molecule has 0 fully saturated rings. The largest absolute Gasteiger partial charge is 0.494 e. The number of nitrogens with zero attached hydrogens (tertiary/aromatic N) is 1. The van der Waals surface area contributed by atoms with Crippen molar-refractivity contribution in [1.82, 2.24) is 0 Å². The predicted octanol–water partition coefficient (Wildman–Crippen LogP) is 3.73. The lowest BCUT2D eigenvalue weighted by molar-refractivity contribution is -0.384. The third kappa shape index (κ3) is 4.30. The molecular formula is C19H20N2O6S. The molecule has 1 aromatic carbocycles. The number of thiophene rings is 1. The summed E-state index contributed by atoms with van der Waals surface area (Å²) in [5.41, 5.74) is 1.29. The van der Waals surface area contributed by atoms with Crippen LogP contribution in [0.5, 0.6) is 5.75 Å². The lowest BCUT2D eigenvalue weighted by Crippen LogP contribution is -2.30. The Labute approximate surface area is 165 Å². The van der Waals surface area contributed by atoms with Crippen molar-refractivity contribution in [2.75, 3.05) is 12.4 Å². The number of nitrogens with one attached hydrogen (secondary N) is 1. The van der Waals surface area contributed by atoms with Gasteiger partial charge in [-0.05, 0) is 50.3 Å². The molecule has 1 aliphatic rings. The third-order valence-electron chi connectivity index (χ3n) is 4.50. The number of amides is 1. The number of benzene rings is 1. The van der Waals surface area contributed by atoms with E-state index in [0.717, 1.165) is 25.7 Å². The van der Waals surface area contributed by atoms with Gasteiger partial charge in [-0.2, -0.15) is 0 Å². The zero-order valence-electron chi connectivity index (χ0n) is 15.5. The normalized spacial score (nSPS) is 13.9. The minimum absolute atomic E-state index is 0.145. The Morgan fingerprint density at radius 1 is 1.25 bits per heavy atom. The Bertz CT molecular complexity index is 900. The molecule has 28 heavy (non-hydrogen) atoms. The summed E-state index contributed by atoms with van der Waals surface area (Å²) in [4.78, 5) is 36.8. The summed E-state index contributed by atoms with van der Waals surface area (Å²) in [6, 6.07) is 5.69. The van der Waals surface area contributed by atoms with Gasteiger partial charge in [0.05, 0.1) is 23.8 Å². The van der Waals surface area contributed by atoms with Crippen LogP contribution >= 0.6 is 11.3 Å².